The van der Waals surface area contributed by atoms with Crippen LogP contribution in [0.5, 0.6) is 0 Å². The molecule has 0 radical (unpaired) electrons. The molecule has 4 heteroatoms. The second-order valence-corrected chi connectivity index (χ2v) is 3.50. The molecule has 0 bridgehead atoms. The largest absolute Gasteiger partial charge is 0.330 e. The third-order valence-corrected chi connectivity index (χ3v) is 2.41. The Morgan fingerprint density at radius 2 is 2.33 bits per heavy atom. The quantitative estimate of drug-likeness (QED) is 0.765. The van der Waals surface area contributed by atoms with Gasteiger partial charge in [0.05, 0.1) is 11.2 Å². The molecular weight excluding hydrogens is 188 g/mol. The molecular formula is C11H16N4. The molecule has 0 spiro atoms. The van der Waals surface area contributed by atoms with Gasteiger partial charge in [-0.3, -0.25) is 0 Å². The standard InChI is InChI=1S/C11H16N4/c1-13-8-9-10-4-2-3-7-15(10)11(14-9)5-6-12/h2-4,7,13H,5-6,8,12H2,1H3. The van der Waals surface area contributed by atoms with Gasteiger partial charge in [-0.25, -0.2) is 4.98 Å². The lowest BCUT2D eigenvalue weighted by molar-refractivity contribution is 0.790. The minimum Gasteiger partial charge on any atom is -0.330 e. The summed E-state index contributed by atoms with van der Waals surface area (Å²) in [6.45, 7) is 1.42. The number of hydrogen-bond acceptors (Lipinski definition) is 3. The van der Waals surface area contributed by atoms with Crippen molar-refractivity contribution in [3.05, 3.63) is 35.9 Å². The van der Waals surface area contributed by atoms with Crippen molar-refractivity contribution < 1.29 is 0 Å². The highest BCUT2D eigenvalue weighted by Crippen LogP contribution is 2.12. The molecule has 0 aliphatic rings. The highest BCUT2D eigenvalue weighted by atomic mass is 15.0. The number of fused-ring (bicyclic) bond motifs is 1. The molecule has 0 atom stereocenters. The first-order valence-corrected chi connectivity index (χ1v) is 5.16. The minimum absolute atomic E-state index is 0.632. The van der Waals surface area contributed by atoms with E-state index in [1.54, 1.807) is 0 Å². The van der Waals surface area contributed by atoms with E-state index in [-0.39, 0.29) is 0 Å². The molecule has 15 heavy (non-hydrogen) atoms. The molecule has 2 aromatic heterocycles. The zero-order valence-corrected chi connectivity index (χ0v) is 8.90. The van der Waals surface area contributed by atoms with Gasteiger partial charge in [-0.2, -0.15) is 0 Å². The Morgan fingerprint density at radius 3 is 3.07 bits per heavy atom. The Labute approximate surface area is 89.1 Å². The topological polar surface area (TPSA) is 55.3 Å². The number of nitrogens with zero attached hydrogens (tertiary/aromatic N) is 2. The van der Waals surface area contributed by atoms with Crippen molar-refractivity contribution in [2.24, 2.45) is 5.73 Å². The Hall–Kier alpha value is -1.39. The van der Waals surface area contributed by atoms with Crippen LogP contribution in [-0.2, 0) is 13.0 Å². The molecule has 2 rings (SSSR count). The van der Waals surface area contributed by atoms with E-state index in [1.165, 1.54) is 0 Å². The first kappa shape index (κ1) is 10.1. The summed E-state index contributed by atoms with van der Waals surface area (Å²) >= 11 is 0. The fourth-order valence-corrected chi connectivity index (χ4v) is 1.77. The Kier molecular flexibility index (Phi) is 2.99. The van der Waals surface area contributed by atoms with Gasteiger partial charge in [-0.15, -0.1) is 0 Å². The fourth-order valence-electron chi connectivity index (χ4n) is 1.77. The Bertz CT molecular complexity index is 407. The van der Waals surface area contributed by atoms with Crippen LogP contribution in [0.1, 0.15) is 11.5 Å². The van der Waals surface area contributed by atoms with Crippen LogP contribution in [-0.4, -0.2) is 23.0 Å². The van der Waals surface area contributed by atoms with Crippen LogP contribution in [0.2, 0.25) is 0 Å². The maximum atomic E-state index is 5.57. The van der Waals surface area contributed by atoms with Crippen LogP contribution < -0.4 is 11.1 Å². The summed E-state index contributed by atoms with van der Waals surface area (Å²) < 4.78 is 2.11. The molecule has 0 aliphatic carbocycles. The molecule has 0 unspecified atom stereocenters. The maximum Gasteiger partial charge on any atom is 0.114 e. The molecule has 3 N–H and O–H groups in total. The number of imidazole rings is 1. The van der Waals surface area contributed by atoms with Crippen LogP contribution in [0, 0.1) is 0 Å². The number of rotatable bonds is 4. The van der Waals surface area contributed by atoms with Crippen LogP contribution in [0.15, 0.2) is 24.4 Å². The molecule has 0 saturated heterocycles. The summed E-state index contributed by atoms with van der Waals surface area (Å²) in [5.74, 6) is 1.04. The van der Waals surface area contributed by atoms with E-state index in [0.717, 1.165) is 30.0 Å². The van der Waals surface area contributed by atoms with Crippen LogP contribution in [0.4, 0.5) is 0 Å². The van der Waals surface area contributed by atoms with Crippen molar-refractivity contribution in [3.8, 4) is 0 Å². The van der Waals surface area contributed by atoms with Crippen molar-refractivity contribution in [3.63, 3.8) is 0 Å². The van der Waals surface area contributed by atoms with Crippen molar-refractivity contribution in [1.29, 1.82) is 0 Å². The van der Waals surface area contributed by atoms with Gasteiger partial charge < -0.3 is 15.5 Å². The first-order chi connectivity index (χ1) is 7.36. The Balaban J connectivity index is 2.52. The molecule has 80 valence electrons. The second-order valence-electron chi connectivity index (χ2n) is 3.50. The molecule has 0 aromatic carbocycles. The van der Waals surface area contributed by atoms with E-state index in [4.69, 9.17) is 5.73 Å². The lowest BCUT2D eigenvalue weighted by atomic mass is 10.3. The van der Waals surface area contributed by atoms with E-state index < -0.39 is 0 Å². The lowest BCUT2D eigenvalue weighted by Gasteiger charge is -1.98. The van der Waals surface area contributed by atoms with Gasteiger partial charge in [0.25, 0.3) is 0 Å². The molecule has 0 fully saturated rings. The van der Waals surface area contributed by atoms with Gasteiger partial charge in [0.2, 0.25) is 0 Å². The normalized spacial score (nSPS) is 11.1. The lowest BCUT2D eigenvalue weighted by Crippen LogP contribution is -2.07. The van der Waals surface area contributed by atoms with E-state index in [1.807, 2.05) is 25.4 Å². The minimum atomic E-state index is 0.632. The average molecular weight is 204 g/mol. The predicted molar refractivity (Wildman–Crippen MR) is 60.7 cm³/mol. The molecule has 2 aromatic rings. The highest BCUT2D eigenvalue weighted by Gasteiger charge is 2.08. The molecule has 0 amide bonds. The van der Waals surface area contributed by atoms with Gasteiger partial charge in [0.15, 0.2) is 0 Å². The third-order valence-electron chi connectivity index (χ3n) is 2.41. The van der Waals surface area contributed by atoms with Gasteiger partial charge in [-0.1, -0.05) is 6.07 Å². The van der Waals surface area contributed by atoms with Gasteiger partial charge in [-0.05, 0) is 25.7 Å². The van der Waals surface area contributed by atoms with Crippen molar-refractivity contribution >= 4 is 5.52 Å². The molecule has 4 nitrogen and oxygen atoms in total. The monoisotopic (exact) mass is 204 g/mol. The van der Waals surface area contributed by atoms with Crippen LogP contribution >= 0.6 is 0 Å². The third kappa shape index (κ3) is 1.86. The summed E-state index contributed by atoms with van der Waals surface area (Å²) in [6.07, 6.45) is 2.85. The van der Waals surface area contributed by atoms with E-state index in [0.29, 0.717) is 6.54 Å². The first-order valence-electron chi connectivity index (χ1n) is 5.16. The van der Waals surface area contributed by atoms with Gasteiger partial charge in [0.1, 0.15) is 5.82 Å². The summed E-state index contributed by atoms with van der Waals surface area (Å²) in [5, 5.41) is 3.12. The summed E-state index contributed by atoms with van der Waals surface area (Å²) in [7, 11) is 1.93. The van der Waals surface area contributed by atoms with Crippen LogP contribution in [0.3, 0.4) is 0 Å². The van der Waals surface area contributed by atoms with Gasteiger partial charge in [0, 0.05) is 19.2 Å². The zero-order valence-electron chi connectivity index (χ0n) is 8.90. The SMILES string of the molecule is CNCc1nc(CCN)n2ccccc12. The second kappa shape index (κ2) is 4.42. The number of nitrogens with one attached hydrogen (secondary N) is 1. The van der Waals surface area contributed by atoms with Gasteiger partial charge >= 0.3 is 0 Å². The number of aromatic nitrogens is 2. The van der Waals surface area contributed by atoms with Crippen molar-refractivity contribution in [2.45, 2.75) is 13.0 Å². The number of nitrogens with two attached hydrogens (primary N) is 1. The molecule has 0 aliphatic heterocycles. The predicted octanol–water partition coefficient (Wildman–Crippen LogP) is 0.555. The van der Waals surface area contributed by atoms with Crippen molar-refractivity contribution in [2.75, 3.05) is 13.6 Å². The molecule has 2 heterocycles. The summed E-state index contributed by atoms with van der Waals surface area (Å²) in [6, 6.07) is 6.12. The van der Waals surface area contributed by atoms with E-state index in [2.05, 4.69) is 20.8 Å². The number of hydrogen-bond donors (Lipinski definition) is 2. The smallest absolute Gasteiger partial charge is 0.114 e. The van der Waals surface area contributed by atoms with Crippen LogP contribution in [0.25, 0.3) is 5.52 Å². The van der Waals surface area contributed by atoms with E-state index >= 15 is 0 Å². The fraction of sp³-hybridized carbons (Fsp3) is 0.364. The summed E-state index contributed by atoms with van der Waals surface area (Å²) in [5.41, 5.74) is 7.81. The van der Waals surface area contributed by atoms with Crippen molar-refractivity contribution in [1.82, 2.24) is 14.7 Å². The summed E-state index contributed by atoms with van der Waals surface area (Å²) in [4.78, 5) is 4.59. The average Bonchev–Trinajstić information content (AvgIpc) is 2.59. The number of pyridine rings is 1. The zero-order chi connectivity index (χ0) is 10.7. The molecule has 0 saturated carbocycles. The Morgan fingerprint density at radius 1 is 1.47 bits per heavy atom. The maximum absolute atomic E-state index is 5.57. The van der Waals surface area contributed by atoms with E-state index in [9.17, 15) is 0 Å². The highest BCUT2D eigenvalue weighted by molar-refractivity contribution is 5.53.